The van der Waals surface area contributed by atoms with Gasteiger partial charge in [-0.1, -0.05) is 81.4 Å². The van der Waals surface area contributed by atoms with Crippen molar-refractivity contribution in [3.8, 4) is 0 Å². The normalized spacial score (nSPS) is 22.8. The Labute approximate surface area is 191 Å². The lowest BCUT2D eigenvalue weighted by Crippen LogP contribution is -2.61. The molecule has 1 fully saturated rings. The van der Waals surface area contributed by atoms with Crippen molar-refractivity contribution in [2.75, 3.05) is 26.2 Å². The average molecular weight is 435 g/mol. The zero-order chi connectivity index (χ0) is 22.7. The van der Waals surface area contributed by atoms with E-state index in [1.807, 2.05) is 17.0 Å². The smallest absolute Gasteiger partial charge is 0.249 e. The van der Waals surface area contributed by atoms with E-state index in [4.69, 9.17) is 15.5 Å². The molecule has 2 aliphatic heterocycles. The number of benzene rings is 2. The number of rotatable bonds is 6. The molecule has 170 valence electrons. The Balaban J connectivity index is 1.72. The highest BCUT2D eigenvalue weighted by molar-refractivity contribution is 5.94. The van der Waals surface area contributed by atoms with Gasteiger partial charge in [0.15, 0.2) is 0 Å². The van der Waals surface area contributed by atoms with Crippen molar-refractivity contribution in [3.05, 3.63) is 71.8 Å². The minimum atomic E-state index is -0.203. The van der Waals surface area contributed by atoms with Crippen LogP contribution in [0.2, 0.25) is 0 Å². The van der Waals surface area contributed by atoms with Gasteiger partial charge in [0.25, 0.3) is 0 Å². The van der Waals surface area contributed by atoms with Gasteiger partial charge in [-0.05, 0) is 16.5 Å². The predicted octanol–water partition coefficient (Wildman–Crippen LogP) is 3.24. The summed E-state index contributed by atoms with van der Waals surface area (Å²) < 4.78 is 5.64. The van der Waals surface area contributed by atoms with E-state index in [1.165, 1.54) is 11.1 Å². The van der Waals surface area contributed by atoms with Gasteiger partial charge in [0.2, 0.25) is 5.91 Å². The summed E-state index contributed by atoms with van der Waals surface area (Å²) in [6.45, 7) is 9.04. The summed E-state index contributed by atoms with van der Waals surface area (Å²) in [5.41, 5.74) is 8.12. The first-order valence-corrected chi connectivity index (χ1v) is 11.4. The van der Waals surface area contributed by atoms with Crippen LogP contribution in [0, 0.1) is 5.41 Å². The highest BCUT2D eigenvalue weighted by atomic mass is 16.5. The van der Waals surface area contributed by atoms with Gasteiger partial charge in [0.1, 0.15) is 12.4 Å². The summed E-state index contributed by atoms with van der Waals surface area (Å²) in [6, 6.07) is 20.7. The number of aliphatic imine (C=N–C) groups is 1. The molecule has 1 unspecified atom stereocenters. The zero-order valence-corrected chi connectivity index (χ0v) is 19.3. The molecule has 0 radical (unpaired) electrons. The fourth-order valence-electron chi connectivity index (χ4n) is 4.66. The number of amides is 1. The maximum Gasteiger partial charge on any atom is 0.249 e. The van der Waals surface area contributed by atoms with E-state index in [1.54, 1.807) is 0 Å². The number of nitrogens with zero attached hydrogens (tertiary/aromatic N) is 3. The van der Waals surface area contributed by atoms with Crippen LogP contribution in [-0.2, 0) is 16.1 Å². The number of hydrogen-bond acceptors (Lipinski definition) is 5. The monoisotopic (exact) mass is 434 g/mol. The minimum Gasteiger partial charge on any atom is -0.365 e. The minimum absolute atomic E-state index is 0.000136. The predicted molar refractivity (Wildman–Crippen MR) is 127 cm³/mol. The van der Waals surface area contributed by atoms with Gasteiger partial charge in [0.05, 0.1) is 18.2 Å². The van der Waals surface area contributed by atoms with Crippen molar-refractivity contribution in [1.82, 2.24) is 9.80 Å². The first-order chi connectivity index (χ1) is 15.4. The van der Waals surface area contributed by atoms with Crippen LogP contribution in [0.15, 0.2) is 65.7 Å². The molecule has 0 saturated carbocycles. The summed E-state index contributed by atoms with van der Waals surface area (Å²) in [4.78, 5) is 22.5. The molecule has 0 bridgehead atoms. The van der Waals surface area contributed by atoms with E-state index in [9.17, 15) is 4.79 Å². The highest BCUT2D eigenvalue weighted by Crippen LogP contribution is 2.35. The van der Waals surface area contributed by atoms with Gasteiger partial charge in [-0.25, -0.2) is 0 Å². The largest absolute Gasteiger partial charge is 0.365 e. The number of amidine groups is 1. The van der Waals surface area contributed by atoms with E-state index in [0.29, 0.717) is 13.1 Å². The van der Waals surface area contributed by atoms with Crippen molar-refractivity contribution in [1.29, 1.82) is 0 Å². The summed E-state index contributed by atoms with van der Waals surface area (Å²) in [5, 5.41) is 0. The maximum absolute atomic E-state index is 13.0. The second kappa shape index (κ2) is 9.43. The summed E-state index contributed by atoms with van der Waals surface area (Å²) in [5.74, 6) is 0.973. The lowest BCUT2D eigenvalue weighted by molar-refractivity contribution is -0.152. The Kier molecular flexibility index (Phi) is 6.63. The van der Waals surface area contributed by atoms with Crippen molar-refractivity contribution in [2.24, 2.45) is 16.1 Å². The molecule has 0 spiro atoms. The molecule has 3 atom stereocenters. The van der Waals surface area contributed by atoms with Crippen LogP contribution < -0.4 is 5.73 Å². The quantitative estimate of drug-likeness (QED) is 0.758. The third-order valence-corrected chi connectivity index (χ3v) is 6.21. The van der Waals surface area contributed by atoms with Crippen LogP contribution in [0.5, 0.6) is 0 Å². The van der Waals surface area contributed by atoms with Gasteiger partial charge in [-0.15, -0.1) is 0 Å². The SMILES string of the molecule is CC(C)(C)[C@H](C1=NC(c2ccccc2)CN1Cc1ccccc1)N1C[C@@H](CN)OCC1=O. The molecule has 1 amide bonds. The molecule has 2 N–H and O–H groups in total. The summed E-state index contributed by atoms with van der Waals surface area (Å²) >= 11 is 0. The van der Waals surface area contributed by atoms with Crippen LogP contribution >= 0.6 is 0 Å². The Bertz CT molecular complexity index is 939. The second-order valence-corrected chi connectivity index (χ2v) is 9.76. The van der Waals surface area contributed by atoms with E-state index >= 15 is 0 Å². The first kappa shape index (κ1) is 22.5. The van der Waals surface area contributed by atoms with Gasteiger partial charge in [-0.3, -0.25) is 9.79 Å². The van der Waals surface area contributed by atoms with Gasteiger partial charge >= 0.3 is 0 Å². The Morgan fingerprint density at radius 1 is 1.06 bits per heavy atom. The molecule has 32 heavy (non-hydrogen) atoms. The molecular weight excluding hydrogens is 400 g/mol. The average Bonchev–Trinajstić information content (AvgIpc) is 3.18. The Hall–Kier alpha value is -2.70. The fraction of sp³-hybridized carbons (Fsp3) is 0.462. The van der Waals surface area contributed by atoms with E-state index in [2.05, 4.69) is 74.2 Å². The Morgan fingerprint density at radius 2 is 1.72 bits per heavy atom. The number of carbonyl (C=O) groups is 1. The third kappa shape index (κ3) is 4.87. The molecule has 2 aromatic rings. The number of nitrogens with two attached hydrogens (primary N) is 1. The number of hydrogen-bond donors (Lipinski definition) is 1. The fourth-order valence-corrected chi connectivity index (χ4v) is 4.66. The number of ether oxygens (including phenoxy) is 1. The summed E-state index contributed by atoms with van der Waals surface area (Å²) in [6.07, 6.45) is -0.146. The lowest BCUT2D eigenvalue weighted by atomic mass is 9.83. The van der Waals surface area contributed by atoms with Crippen LogP contribution in [0.1, 0.15) is 37.9 Å². The molecule has 0 aliphatic carbocycles. The highest BCUT2D eigenvalue weighted by Gasteiger charge is 2.44. The van der Waals surface area contributed by atoms with E-state index in [-0.39, 0.29) is 36.1 Å². The van der Waals surface area contributed by atoms with Crippen LogP contribution in [0.25, 0.3) is 0 Å². The van der Waals surface area contributed by atoms with Crippen LogP contribution in [-0.4, -0.2) is 59.9 Å². The first-order valence-electron chi connectivity index (χ1n) is 11.4. The standard InChI is InChI=1S/C26H34N4O2/c1-26(2,3)24(30-16-21(14-27)32-18-23(30)31)25-28-22(20-12-8-5-9-13-20)17-29(25)15-19-10-6-4-7-11-19/h4-13,21-22,24H,14-18,27H2,1-3H3/t21-,22?,24+/m1/s1. The van der Waals surface area contributed by atoms with Crippen molar-refractivity contribution in [3.63, 3.8) is 0 Å². The van der Waals surface area contributed by atoms with Gasteiger partial charge in [0, 0.05) is 26.2 Å². The molecule has 2 aliphatic rings. The molecule has 2 aromatic carbocycles. The van der Waals surface area contributed by atoms with Crippen molar-refractivity contribution >= 4 is 11.7 Å². The molecule has 6 nitrogen and oxygen atoms in total. The van der Waals surface area contributed by atoms with Crippen LogP contribution in [0.3, 0.4) is 0 Å². The van der Waals surface area contributed by atoms with Crippen molar-refractivity contribution < 1.29 is 9.53 Å². The zero-order valence-electron chi connectivity index (χ0n) is 19.3. The summed E-state index contributed by atoms with van der Waals surface area (Å²) in [7, 11) is 0. The van der Waals surface area contributed by atoms with Crippen molar-refractivity contribution in [2.45, 2.75) is 45.5 Å². The van der Waals surface area contributed by atoms with Crippen LogP contribution in [0.4, 0.5) is 0 Å². The van der Waals surface area contributed by atoms with E-state index < -0.39 is 0 Å². The molecule has 1 saturated heterocycles. The van der Waals surface area contributed by atoms with Gasteiger partial charge < -0.3 is 20.3 Å². The number of morpholine rings is 1. The topological polar surface area (TPSA) is 71.2 Å². The second-order valence-electron chi connectivity index (χ2n) is 9.76. The lowest BCUT2D eigenvalue weighted by Gasteiger charge is -2.45. The Morgan fingerprint density at radius 3 is 2.34 bits per heavy atom. The van der Waals surface area contributed by atoms with E-state index in [0.717, 1.165) is 18.9 Å². The number of carbonyl (C=O) groups excluding carboxylic acids is 1. The molecule has 0 aromatic heterocycles. The third-order valence-electron chi connectivity index (χ3n) is 6.21. The molecule has 2 heterocycles. The molecule has 4 rings (SSSR count). The maximum atomic E-state index is 13.0. The van der Waals surface area contributed by atoms with Gasteiger partial charge in [-0.2, -0.15) is 0 Å². The molecule has 6 heteroatoms. The molecular formula is C26H34N4O2.